The molecule has 0 radical (unpaired) electrons. The minimum Gasteiger partial charge on any atom is -0.411 e. The van der Waals surface area contributed by atoms with Gasteiger partial charge < -0.3 is 10.3 Å². The number of benzene rings is 2. The van der Waals surface area contributed by atoms with Gasteiger partial charge in [0.2, 0.25) is 0 Å². The largest absolute Gasteiger partial charge is 0.411 e. The van der Waals surface area contributed by atoms with E-state index in [9.17, 15) is 10.3 Å². The van der Waals surface area contributed by atoms with Crippen molar-refractivity contribution >= 4 is 5.71 Å². The number of aromatic nitrogens is 1. The monoisotopic (exact) mass is 360 g/mol. The van der Waals surface area contributed by atoms with E-state index in [1.54, 1.807) is 6.20 Å². The summed E-state index contributed by atoms with van der Waals surface area (Å²) in [6.07, 6.45) is 2.27. The number of nitrogens with zero attached hydrogens (tertiary/aromatic N) is 2. The second-order valence-electron chi connectivity index (χ2n) is 6.75. The van der Waals surface area contributed by atoms with E-state index in [1.807, 2.05) is 49.4 Å². The van der Waals surface area contributed by atoms with Crippen LogP contribution in [0.15, 0.2) is 72.0 Å². The van der Waals surface area contributed by atoms with Crippen molar-refractivity contribution in [1.82, 2.24) is 4.98 Å². The molecule has 3 aromatic rings. The summed E-state index contributed by atoms with van der Waals surface area (Å²) in [6, 6.07) is 20.0. The Morgan fingerprint density at radius 3 is 2.56 bits per heavy atom. The number of pyridine rings is 1. The first-order valence-electron chi connectivity index (χ1n) is 9.01. The van der Waals surface area contributed by atoms with Crippen molar-refractivity contribution in [2.75, 3.05) is 0 Å². The SMILES string of the molecule is Cc1cc(/C(CC(c2cccc(CO)c2)c2ccccc2C)=N/O)ccn1. The third kappa shape index (κ3) is 4.41. The lowest BCUT2D eigenvalue weighted by Crippen LogP contribution is -2.12. The van der Waals surface area contributed by atoms with E-state index in [2.05, 4.69) is 35.3 Å². The zero-order valence-electron chi connectivity index (χ0n) is 15.6. The molecule has 0 amide bonds. The third-order valence-electron chi connectivity index (χ3n) is 4.85. The Morgan fingerprint density at radius 2 is 1.85 bits per heavy atom. The fraction of sp³-hybridized carbons (Fsp3) is 0.217. The van der Waals surface area contributed by atoms with Crippen LogP contribution in [0, 0.1) is 13.8 Å². The Kier molecular flexibility index (Phi) is 5.99. The second-order valence-corrected chi connectivity index (χ2v) is 6.75. The Bertz CT molecular complexity index is 950. The van der Waals surface area contributed by atoms with Gasteiger partial charge in [-0.25, -0.2) is 0 Å². The van der Waals surface area contributed by atoms with Gasteiger partial charge in [0.15, 0.2) is 0 Å². The topological polar surface area (TPSA) is 65.7 Å². The van der Waals surface area contributed by atoms with Crippen molar-refractivity contribution in [3.05, 3.63) is 100 Å². The van der Waals surface area contributed by atoms with Gasteiger partial charge in [-0.2, -0.15) is 0 Å². The lowest BCUT2D eigenvalue weighted by molar-refractivity contribution is 0.281. The molecule has 27 heavy (non-hydrogen) atoms. The molecule has 0 bridgehead atoms. The van der Waals surface area contributed by atoms with Crippen LogP contribution in [0.4, 0.5) is 0 Å². The number of hydrogen-bond donors (Lipinski definition) is 2. The average molecular weight is 360 g/mol. The zero-order chi connectivity index (χ0) is 19.2. The molecule has 0 saturated carbocycles. The number of oxime groups is 1. The van der Waals surface area contributed by atoms with Crippen LogP contribution in [-0.2, 0) is 6.61 Å². The molecule has 1 unspecified atom stereocenters. The molecule has 3 rings (SSSR count). The smallest absolute Gasteiger partial charge is 0.0878 e. The molecule has 0 aliphatic rings. The van der Waals surface area contributed by atoms with Gasteiger partial charge in [0.1, 0.15) is 0 Å². The number of hydrogen-bond acceptors (Lipinski definition) is 4. The van der Waals surface area contributed by atoms with Gasteiger partial charge in [-0.05, 0) is 48.2 Å². The molecule has 0 aliphatic carbocycles. The quantitative estimate of drug-likeness (QED) is 0.384. The maximum atomic E-state index is 9.71. The van der Waals surface area contributed by atoms with Gasteiger partial charge in [-0.1, -0.05) is 53.7 Å². The van der Waals surface area contributed by atoms with Crippen LogP contribution >= 0.6 is 0 Å². The molecule has 1 aromatic heterocycles. The normalized spacial score (nSPS) is 12.8. The molecule has 1 heterocycles. The maximum absolute atomic E-state index is 9.71. The molecule has 2 N–H and O–H groups in total. The summed E-state index contributed by atoms with van der Waals surface area (Å²) in [5.74, 6) is 0.0112. The molecule has 2 aromatic carbocycles. The first kappa shape index (κ1) is 18.8. The fourth-order valence-corrected chi connectivity index (χ4v) is 3.43. The average Bonchev–Trinajstić information content (AvgIpc) is 2.70. The molecular formula is C23H24N2O2. The summed E-state index contributed by atoms with van der Waals surface area (Å²) in [4.78, 5) is 4.22. The highest BCUT2D eigenvalue weighted by Gasteiger charge is 2.20. The summed E-state index contributed by atoms with van der Waals surface area (Å²) in [5.41, 5.74) is 6.67. The first-order valence-corrected chi connectivity index (χ1v) is 9.01. The van der Waals surface area contributed by atoms with E-state index in [0.29, 0.717) is 12.1 Å². The van der Waals surface area contributed by atoms with Crippen LogP contribution in [0.2, 0.25) is 0 Å². The van der Waals surface area contributed by atoms with Crippen LogP contribution in [0.3, 0.4) is 0 Å². The minimum absolute atomic E-state index is 0.00116. The highest BCUT2D eigenvalue weighted by molar-refractivity contribution is 6.00. The molecular weight excluding hydrogens is 336 g/mol. The molecule has 1 atom stereocenters. The van der Waals surface area contributed by atoms with Crippen molar-refractivity contribution in [3.63, 3.8) is 0 Å². The molecule has 0 saturated heterocycles. The Balaban J connectivity index is 2.05. The number of aliphatic hydroxyl groups excluding tert-OH is 1. The van der Waals surface area contributed by atoms with Crippen LogP contribution in [0.1, 0.15) is 45.8 Å². The van der Waals surface area contributed by atoms with E-state index < -0.39 is 0 Å². The number of aliphatic hydroxyl groups is 1. The summed E-state index contributed by atoms with van der Waals surface area (Å²) in [5, 5.41) is 22.8. The predicted octanol–water partition coefficient (Wildman–Crippen LogP) is 4.59. The Labute approximate surface area is 159 Å². The summed E-state index contributed by atoms with van der Waals surface area (Å²) in [6.45, 7) is 4.01. The molecule has 4 heteroatoms. The summed E-state index contributed by atoms with van der Waals surface area (Å²) >= 11 is 0. The first-order chi connectivity index (χ1) is 13.1. The van der Waals surface area contributed by atoms with E-state index >= 15 is 0 Å². The zero-order valence-corrected chi connectivity index (χ0v) is 15.6. The van der Waals surface area contributed by atoms with Crippen molar-refractivity contribution in [3.8, 4) is 0 Å². The fourth-order valence-electron chi connectivity index (χ4n) is 3.43. The van der Waals surface area contributed by atoms with Crippen molar-refractivity contribution in [2.24, 2.45) is 5.16 Å². The molecule has 4 nitrogen and oxygen atoms in total. The van der Waals surface area contributed by atoms with Crippen LogP contribution < -0.4 is 0 Å². The summed E-state index contributed by atoms with van der Waals surface area (Å²) in [7, 11) is 0. The van der Waals surface area contributed by atoms with Gasteiger partial charge in [0, 0.05) is 29.8 Å². The van der Waals surface area contributed by atoms with Crippen molar-refractivity contribution in [1.29, 1.82) is 0 Å². The van der Waals surface area contributed by atoms with Crippen molar-refractivity contribution in [2.45, 2.75) is 32.8 Å². The van der Waals surface area contributed by atoms with Crippen LogP contribution in [0.25, 0.3) is 0 Å². The standard InChI is InChI=1S/C23H24N2O2/c1-16-6-3-4-9-21(16)22(19-8-5-7-18(13-19)15-26)14-23(25-27)20-10-11-24-17(2)12-20/h3-13,22,26-27H,14-15H2,1-2H3/b25-23+. The molecule has 0 aliphatic heterocycles. The van der Waals surface area contributed by atoms with Crippen molar-refractivity contribution < 1.29 is 10.3 Å². The highest BCUT2D eigenvalue weighted by atomic mass is 16.4. The van der Waals surface area contributed by atoms with E-state index in [-0.39, 0.29) is 12.5 Å². The number of aryl methyl sites for hydroxylation is 2. The second kappa shape index (κ2) is 8.60. The van der Waals surface area contributed by atoms with Gasteiger partial charge in [0.05, 0.1) is 12.3 Å². The maximum Gasteiger partial charge on any atom is 0.0878 e. The van der Waals surface area contributed by atoms with E-state index in [1.165, 1.54) is 11.1 Å². The summed E-state index contributed by atoms with van der Waals surface area (Å²) < 4.78 is 0. The van der Waals surface area contributed by atoms with Gasteiger partial charge in [-0.15, -0.1) is 0 Å². The Morgan fingerprint density at radius 1 is 1.04 bits per heavy atom. The number of rotatable bonds is 6. The molecule has 138 valence electrons. The lowest BCUT2D eigenvalue weighted by Gasteiger charge is -2.21. The predicted molar refractivity (Wildman–Crippen MR) is 107 cm³/mol. The highest BCUT2D eigenvalue weighted by Crippen LogP contribution is 2.32. The molecule has 0 fully saturated rings. The van der Waals surface area contributed by atoms with Gasteiger partial charge in [-0.3, -0.25) is 4.98 Å². The Hall–Kier alpha value is -2.98. The van der Waals surface area contributed by atoms with Gasteiger partial charge in [0.25, 0.3) is 0 Å². The van der Waals surface area contributed by atoms with E-state index in [4.69, 9.17) is 0 Å². The lowest BCUT2D eigenvalue weighted by atomic mass is 9.83. The van der Waals surface area contributed by atoms with Crippen LogP contribution in [-0.4, -0.2) is 21.0 Å². The minimum atomic E-state index is -0.00116. The molecule has 0 spiro atoms. The van der Waals surface area contributed by atoms with Gasteiger partial charge >= 0.3 is 0 Å². The van der Waals surface area contributed by atoms with E-state index in [0.717, 1.165) is 22.4 Å². The third-order valence-corrected chi connectivity index (χ3v) is 4.85. The van der Waals surface area contributed by atoms with Crippen LogP contribution in [0.5, 0.6) is 0 Å².